The van der Waals surface area contributed by atoms with Crippen LogP contribution >= 0.6 is 0 Å². The Morgan fingerprint density at radius 2 is 1.58 bits per heavy atom. The molecule has 0 aromatic heterocycles. The van der Waals surface area contributed by atoms with Crippen LogP contribution in [0.5, 0.6) is 11.5 Å². The first-order valence-electron chi connectivity index (χ1n) is 11.2. The number of rotatable bonds is 6. The molecule has 0 bridgehead atoms. The predicted octanol–water partition coefficient (Wildman–Crippen LogP) is 5.67. The van der Waals surface area contributed by atoms with Gasteiger partial charge in [0, 0.05) is 12.6 Å². The molecule has 33 heavy (non-hydrogen) atoms. The number of hydrogen-bond donors (Lipinski definition) is 0. The molecule has 0 aliphatic heterocycles. The largest absolute Gasteiger partial charge is 0.497 e. The molecule has 0 radical (unpaired) electrons. The Kier molecular flexibility index (Phi) is 5.74. The molecule has 0 N–H and O–H groups in total. The number of ether oxygens (including phenoxy) is 2. The number of hydrogen-bond acceptors (Lipinski definition) is 3. The lowest BCUT2D eigenvalue weighted by Gasteiger charge is -2.30. The van der Waals surface area contributed by atoms with Crippen molar-refractivity contribution >= 4 is 16.7 Å². The highest BCUT2D eigenvalue weighted by molar-refractivity contribution is 6.09. The van der Waals surface area contributed by atoms with Crippen LogP contribution in [0.1, 0.15) is 27.0 Å². The van der Waals surface area contributed by atoms with Crippen LogP contribution in [-0.2, 0) is 19.4 Å². The average molecular weight is 438 g/mol. The van der Waals surface area contributed by atoms with Crippen LogP contribution in [0.25, 0.3) is 10.8 Å². The molecule has 0 heterocycles. The van der Waals surface area contributed by atoms with Gasteiger partial charge in [0.05, 0.1) is 19.8 Å². The van der Waals surface area contributed by atoms with Gasteiger partial charge in [-0.15, -0.1) is 0 Å². The molecule has 0 unspecified atom stereocenters. The highest BCUT2D eigenvalue weighted by Gasteiger charge is 2.32. The third-order valence-electron chi connectivity index (χ3n) is 6.54. The maximum absolute atomic E-state index is 14.3. The Labute approximate surface area is 194 Å². The molecule has 0 fully saturated rings. The van der Waals surface area contributed by atoms with Gasteiger partial charge in [0.2, 0.25) is 0 Å². The van der Waals surface area contributed by atoms with Crippen molar-refractivity contribution in [2.24, 2.45) is 0 Å². The van der Waals surface area contributed by atoms with Crippen molar-refractivity contribution in [3.8, 4) is 11.5 Å². The quantitative estimate of drug-likeness (QED) is 0.390. The summed E-state index contributed by atoms with van der Waals surface area (Å²) >= 11 is 0. The SMILES string of the molecule is COc1cccc(CN(C(=O)c2c(OC)ccc3ccccc23)C2Cc3ccccc3C2)c1. The van der Waals surface area contributed by atoms with Gasteiger partial charge < -0.3 is 14.4 Å². The first kappa shape index (κ1) is 21.1. The zero-order chi connectivity index (χ0) is 22.8. The van der Waals surface area contributed by atoms with Crippen LogP contribution in [-0.4, -0.2) is 31.1 Å². The normalized spacial score (nSPS) is 13.0. The van der Waals surface area contributed by atoms with Crippen LogP contribution in [0.3, 0.4) is 0 Å². The molecule has 0 saturated heterocycles. The first-order chi connectivity index (χ1) is 16.2. The van der Waals surface area contributed by atoms with Gasteiger partial charge in [-0.2, -0.15) is 0 Å². The van der Waals surface area contributed by atoms with E-state index in [0.29, 0.717) is 17.9 Å². The van der Waals surface area contributed by atoms with Crippen LogP contribution in [0.2, 0.25) is 0 Å². The van der Waals surface area contributed by atoms with Gasteiger partial charge in [-0.05, 0) is 58.5 Å². The van der Waals surface area contributed by atoms with Crippen LogP contribution in [0.4, 0.5) is 0 Å². The standard InChI is InChI=1S/C29H27NO3/c1-32-25-12-7-8-20(16-25)19-30(24-17-22-10-3-4-11-23(22)18-24)29(31)28-26-13-6-5-9-21(26)14-15-27(28)33-2/h3-16,24H,17-19H2,1-2H3. The fourth-order valence-electron chi connectivity index (χ4n) is 4.88. The summed E-state index contributed by atoms with van der Waals surface area (Å²) in [6, 6.07) is 28.4. The van der Waals surface area contributed by atoms with Crippen molar-refractivity contribution in [2.45, 2.75) is 25.4 Å². The van der Waals surface area contributed by atoms with Crippen LogP contribution < -0.4 is 9.47 Å². The topological polar surface area (TPSA) is 38.8 Å². The molecule has 0 saturated carbocycles. The van der Waals surface area contributed by atoms with Crippen molar-refractivity contribution in [2.75, 3.05) is 14.2 Å². The van der Waals surface area contributed by atoms with E-state index in [4.69, 9.17) is 9.47 Å². The Hall–Kier alpha value is -3.79. The number of amides is 1. The Morgan fingerprint density at radius 1 is 0.848 bits per heavy atom. The second-order valence-corrected chi connectivity index (χ2v) is 8.48. The second-order valence-electron chi connectivity index (χ2n) is 8.48. The van der Waals surface area contributed by atoms with E-state index in [2.05, 4.69) is 24.3 Å². The number of fused-ring (bicyclic) bond motifs is 2. The molecule has 4 aromatic carbocycles. The van der Waals surface area contributed by atoms with Crippen molar-refractivity contribution in [1.82, 2.24) is 4.90 Å². The Balaban J connectivity index is 1.59. The summed E-state index contributed by atoms with van der Waals surface area (Å²) in [5, 5.41) is 1.94. The zero-order valence-electron chi connectivity index (χ0n) is 19.0. The minimum atomic E-state index is -0.00993. The molecule has 1 aliphatic carbocycles. The Bertz CT molecular complexity index is 1290. The Morgan fingerprint density at radius 3 is 2.30 bits per heavy atom. The van der Waals surface area contributed by atoms with E-state index in [9.17, 15) is 4.79 Å². The van der Waals surface area contributed by atoms with E-state index in [1.165, 1.54) is 11.1 Å². The van der Waals surface area contributed by atoms with E-state index < -0.39 is 0 Å². The molecule has 1 amide bonds. The lowest BCUT2D eigenvalue weighted by molar-refractivity contribution is 0.0666. The summed E-state index contributed by atoms with van der Waals surface area (Å²) in [5.41, 5.74) is 4.29. The van der Waals surface area contributed by atoms with E-state index in [-0.39, 0.29) is 11.9 Å². The van der Waals surface area contributed by atoms with E-state index in [0.717, 1.165) is 34.9 Å². The van der Waals surface area contributed by atoms with E-state index in [1.54, 1.807) is 14.2 Å². The predicted molar refractivity (Wildman–Crippen MR) is 131 cm³/mol. The first-order valence-corrected chi connectivity index (χ1v) is 11.2. The summed E-state index contributed by atoms with van der Waals surface area (Å²) in [4.78, 5) is 16.3. The molecule has 4 heteroatoms. The highest BCUT2D eigenvalue weighted by Crippen LogP contribution is 2.33. The fourth-order valence-corrected chi connectivity index (χ4v) is 4.88. The molecule has 5 rings (SSSR count). The number of carbonyl (C=O) groups is 1. The summed E-state index contributed by atoms with van der Waals surface area (Å²) in [5.74, 6) is 1.38. The molecule has 4 nitrogen and oxygen atoms in total. The molecular formula is C29H27NO3. The van der Waals surface area contributed by atoms with E-state index >= 15 is 0 Å². The lowest BCUT2D eigenvalue weighted by Crippen LogP contribution is -2.40. The van der Waals surface area contributed by atoms with E-state index in [1.807, 2.05) is 65.6 Å². The lowest BCUT2D eigenvalue weighted by atomic mass is 10.0. The monoisotopic (exact) mass is 437 g/mol. The maximum atomic E-state index is 14.3. The van der Waals surface area contributed by atoms with Gasteiger partial charge in [-0.25, -0.2) is 0 Å². The minimum Gasteiger partial charge on any atom is -0.497 e. The third-order valence-corrected chi connectivity index (χ3v) is 6.54. The molecular weight excluding hydrogens is 410 g/mol. The minimum absolute atomic E-state index is 0.00993. The van der Waals surface area contributed by atoms with Gasteiger partial charge in [-0.1, -0.05) is 66.7 Å². The highest BCUT2D eigenvalue weighted by atomic mass is 16.5. The van der Waals surface area contributed by atoms with Gasteiger partial charge in [0.15, 0.2) is 0 Å². The van der Waals surface area contributed by atoms with Gasteiger partial charge >= 0.3 is 0 Å². The summed E-state index contributed by atoms with van der Waals surface area (Å²) < 4.78 is 11.1. The zero-order valence-corrected chi connectivity index (χ0v) is 19.0. The van der Waals surface area contributed by atoms with Crippen molar-refractivity contribution in [3.63, 3.8) is 0 Å². The molecule has 0 atom stereocenters. The van der Waals surface area contributed by atoms with Gasteiger partial charge in [-0.3, -0.25) is 4.79 Å². The van der Waals surface area contributed by atoms with Crippen molar-refractivity contribution in [3.05, 3.63) is 107 Å². The molecule has 0 spiro atoms. The van der Waals surface area contributed by atoms with Gasteiger partial charge in [0.25, 0.3) is 5.91 Å². The molecule has 4 aromatic rings. The maximum Gasteiger partial charge on any atom is 0.258 e. The number of methoxy groups -OCH3 is 2. The van der Waals surface area contributed by atoms with Crippen LogP contribution in [0, 0.1) is 0 Å². The van der Waals surface area contributed by atoms with Crippen molar-refractivity contribution in [1.29, 1.82) is 0 Å². The summed E-state index contributed by atoms with van der Waals surface area (Å²) in [6.45, 7) is 0.501. The molecule has 1 aliphatic rings. The third kappa shape index (κ3) is 4.05. The fraction of sp³-hybridized carbons (Fsp3) is 0.207. The second kappa shape index (κ2) is 8.99. The number of carbonyl (C=O) groups excluding carboxylic acids is 1. The smallest absolute Gasteiger partial charge is 0.258 e. The summed E-state index contributed by atoms with van der Waals surface area (Å²) in [6.07, 6.45) is 1.69. The number of benzene rings is 4. The average Bonchev–Trinajstić information content (AvgIpc) is 3.30. The van der Waals surface area contributed by atoms with Gasteiger partial charge in [0.1, 0.15) is 11.5 Å². The molecule has 166 valence electrons. The summed E-state index contributed by atoms with van der Waals surface area (Å²) in [7, 11) is 3.29. The van der Waals surface area contributed by atoms with Crippen LogP contribution in [0.15, 0.2) is 84.9 Å². The number of nitrogens with zero attached hydrogens (tertiary/aromatic N) is 1. The van der Waals surface area contributed by atoms with Crippen molar-refractivity contribution < 1.29 is 14.3 Å².